The Bertz CT molecular complexity index is 2840. The first-order chi connectivity index (χ1) is 23.8. The second-order valence-electron chi connectivity index (χ2n) is 12.0. The molecule has 10 rings (SSSR count). The van der Waals surface area contributed by atoms with Crippen molar-refractivity contribution in [2.75, 3.05) is 0 Å². The van der Waals surface area contributed by atoms with Gasteiger partial charge >= 0.3 is 0 Å². The smallest absolute Gasteiger partial charge is 0.164 e. The Kier molecular flexibility index (Phi) is 5.81. The highest BCUT2D eigenvalue weighted by molar-refractivity contribution is 6.18. The Balaban J connectivity index is 1.21. The summed E-state index contributed by atoms with van der Waals surface area (Å²) in [5.41, 5.74) is 8.13. The molecule has 5 heteroatoms. The standard InChI is InChI=1S/C43H25N3O2/c1-3-12-26(13-4-1)38-30-17-8-7-16-28(30)24-34-31-23-22-29(25-37(31)48-40(34)38)42-44-41(27-14-5-2-6-15-27)45-43(46-42)33-19-11-21-36-39(33)32-18-9-10-20-35(32)47-36/h1-25H. The van der Waals surface area contributed by atoms with Gasteiger partial charge in [0.25, 0.3) is 0 Å². The van der Waals surface area contributed by atoms with Crippen molar-refractivity contribution < 1.29 is 8.83 Å². The summed E-state index contributed by atoms with van der Waals surface area (Å²) in [6.45, 7) is 0. The first-order valence-corrected chi connectivity index (χ1v) is 15.9. The molecule has 0 saturated heterocycles. The van der Waals surface area contributed by atoms with Gasteiger partial charge in [-0.2, -0.15) is 0 Å². The van der Waals surface area contributed by atoms with Crippen LogP contribution in [0.3, 0.4) is 0 Å². The summed E-state index contributed by atoms with van der Waals surface area (Å²) in [6.07, 6.45) is 0. The second-order valence-corrected chi connectivity index (χ2v) is 12.0. The summed E-state index contributed by atoms with van der Waals surface area (Å²) in [5.74, 6) is 1.75. The first-order valence-electron chi connectivity index (χ1n) is 15.9. The van der Waals surface area contributed by atoms with E-state index in [1.807, 2.05) is 66.7 Å². The van der Waals surface area contributed by atoms with Crippen LogP contribution in [0, 0.1) is 0 Å². The molecule has 0 spiro atoms. The van der Waals surface area contributed by atoms with Crippen LogP contribution in [0.1, 0.15) is 0 Å². The lowest BCUT2D eigenvalue weighted by Crippen LogP contribution is -2.00. The van der Waals surface area contributed by atoms with Crippen molar-refractivity contribution in [2.24, 2.45) is 0 Å². The SMILES string of the molecule is c1ccc(-c2nc(-c3ccc4c(c3)oc3c(-c5ccccc5)c5ccccc5cc34)nc(-c3cccc4oc5ccccc5c34)n2)cc1. The minimum Gasteiger partial charge on any atom is -0.456 e. The van der Waals surface area contributed by atoms with Crippen molar-refractivity contribution in [2.45, 2.75) is 0 Å². The van der Waals surface area contributed by atoms with Crippen LogP contribution in [0.4, 0.5) is 0 Å². The highest BCUT2D eigenvalue weighted by Crippen LogP contribution is 2.42. The van der Waals surface area contributed by atoms with Gasteiger partial charge in [-0.15, -0.1) is 0 Å². The summed E-state index contributed by atoms with van der Waals surface area (Å²) in [6, 6.07) is 51.6. The van der Waals surface area contributed by atoms with Gasteiger partial charge in [0.05, 0.1) is 0 Å². The summed E-state index contributed by atoms with van der Waals surface area (Å²) < 4.78 is 13.0. The van der Waals surface area contributed by atoms with E-state index in [0.717, 1.165) is 77.1 Å². The van der Waals surface area contributed by atoms with Crippen LogP contribution in [-0.2, 0) is 0 Å². The highest BCUT2D eigenvalue weighted by Gasteiger charge is 2.20. The van der Waals surface area contributed by atoms with Gasteiger partial charge in [-0.1, -0.05) is 121 Å². The third-order valence-electron chi connectivity index (χ3n) is 9.12. The van der Waals surface area contributed by atoms with Crippen molar-refractivity contribution in [3.63, 3.8) is 0 Å². The lowest BCUT2D eigenvalue weighted by atomic mass is 9.95. The normalized spacial score (nSPS) is 11.8. The molecule has 10 aromatic rings. The molecule has 0 saturated carbocycles. The monoisotopic (exact) mass is 615 g/mol. The van der Waals surface area contributed by atoms with E-state index >= 15 is 0 Å². The Morgan fingerprint density at radius 1 is 0.375 bits per heavy atom. The predicted molar refractivity (Wildman–Crippen MR) is 194 cm³/mol. The van der Waals surface area contributed by atoms with Crippen molar-refractivity contribution in [1.82, 2.24) is 15.0 Å². The van der Waals surface area contributed by atoms with Gasteiger partial charge in [0.1, 0.15) is 22.3 Å². The zero-order chi connectivity index (χ0) is 31.6. The lowest BCUT2D eigenvalue weighted by Gasteiger charge is -2.09. The van der Waals surface area contributed by atoms with E-state index in [1.165, 1.54) is 5.39 Å². The van der Waals surface area contributed by atoms with Gasteiger partial charge in [0.2, 0.25) is 0 Å². The largest absolute Gasteiger partial charge is 0.456 e. The fraction of sp³-hybridized carbons (Fsp3) is 0. The van der Waals surface area contributed by atoms with Crippen LogP contribution < -0.4 is 0 Å². The van der Waals surface area contributed by atoms with E-state index in [1.54, 1.807) is 0 Å². The van der Waals surface area contributed by atoms with Crippen LogP contribution >= 0.6 is 0 Å². The third kappa shape index (κ3) is 4.15. The van der Waals surface area contributed by atoms with Crippen LogP contribution in [-0.4, -0.2) is 15.0 Å². The number of fused-ring (bicyclic) bond motifs is 7. The highest BCUT2D eigenvalue weighted by atomic mass is 16.3. The van der Waals surface area contributed by atoms with E-state index in [-0.39, 0.29) is 0 Å². The number of hydrogen-bond donors (Lipinski definition) is 0. The summed E-state index contributed by atoms with van der Waals surface area (Å²) in [5, 5.41) is 6.46. The molecular weight excluding hydrogens is 590 g/mol. The zero-order valence-electron chi connectivity index (χ0n) is 25.6. The molecule has 0 aliphatic heterocycles. The van der Waals surface area contributed by atoms with Gasteiger partial charge in [-0.05, 0) is 46.7 Å². The predicted octanol–water partition coefficient (Wildman–Crippen LogP) is 11.5. The fourth-order valence-electron chi connectivity index (χ4n) is 6.91. The molecule has 5 nitrogen and oxygen atoms in total. The summed E-state index contributed by atoms with van der Waals surface area (Å²) in [7, 11) is 0. The van der Waals surface area contributed by atoms with E-state index < -0.39 is 0 Å². The summed E-state index contributed by atoms with van der Waals surface area (Å²) >= 11 is 0. The van der Waals surface area contributed by atoms with Crippen molar-refractivity contribution in [3.05, 3.63) is 152 Å². The Labute approximate surface area is 274 Å². The van der Waals surface area contributed by atoms with E-state index in [4.69, 9.17) is 23.8 Å². The molecule has 48 heavy (non-hydrogen) atoms. The van der Waals surface area contributed by atoms with Gasteiger partial charge < -0.3 is 8.83 Å². The molecule has 3 aromatic heterocycles. The van der Waals surface area contributed by atoms with Crippen molar-refractivity contribution >= 4 is 54.6 Å². The molecule has 0 radical (unpaired) electrons. The molecule has 0 atom stereocenters. The number of aromatic nitrogens is 3. The molecule has 0 fully saturated rings. The maximum atomic E-state index is 6.75. The maximum Gasteiger partial charge on any atom is 0.164 e. The number of benzene rings is 7. The van der Waals surface area contributed by atoms with Crippen molar-refractivity contribution in [1.29, 1.82) is 0 Å². The minimum absolute atomic E-state index is 0.569. The molecule has 224 valence electrons. The molecule has 0 aliphatic rings. The molecule has 0 unspecified atom stereocenters. The molecular formula is C43H25N3O2. The molecule has 3 heterocycles. The number of rotatable bonds is 4. The number of hydrogen-bond acceptors (Lipinski definition) is 5. The average molecular weight is 616 g/mol. The minimum atomic E-state index is 0.569. The zero-order valence-corrected chi connectivity index (χ0v) is 25.6. The van der Waals surface area contributed by atoms with Gasteiger partial charge in [-0.3, -0.25) is 0 Å². The third-order valence-corrected chi connectivity index (χ3v) is 9.12. The van der Waals surface area contributed by atoms with Crippen LogP contribution in [0.25, 0.3) is 99.9 Å². The van der Waals surface area contributed by atoms with E-state index in [0.29, 0.717) is 17.5 Å². The Morgan fingerprint density at radius 2 is 1.04 bits per heavy atom. The van der Waals surface area contributed by atoms with E-state index in [2.05, 4.69) is 84.9 Å². The van der Waals surface area contributed by atoms with Gasteiger partial charge in [0, 0.05) is 43.8 Å². The quantitative estimate of drug-likeness (QED) is 0.197. The van der Waals surface area contributed by atoms with Crippen molar-refractivity contribution in [3.8, 4) is 45.3 Å². The molecule has 0 aliphatic carbocycles. The lowest BCUT2D eigenvalue weighted by molar-refractivity contribution is 0.669. The molecule has 0 bridgehead atoms. The molecule has 0 N–H and O–H groups in total. The number of furan rings is 2. The molecule has 7 aromatic carbocycles. The number of para-hydroxylation sites is 1. The fourth-order valence-corrected chi connectivity index (χ4v) is 6.91. The Morgan fingerprint density at radius 3 is 1.88 bits per heavy atom. The summed E-state index contributed by atoms with van der Waals surface area (Å²) in [4.78, 5) is 15.1. The second kappa shape index (κ2) is 10.5. The first kappa shape index (κ1) is 26.6. The van der Waals surface area contributed by atoms with Crippen LogP contribution in [0.5, 0.6) is 0 Å². The molecule has 0 amide bonds. The van der Waals surface area contributed by atoms with Crippen LogP contribution in [0.2, 0.25) is 0 Å². The number of nitrogens with zero attached hydrogens (tertiary/aromatic N) is 3. The average Bonchev–Trinajstić information content (AvgIpc) is 3.72. The topological polar surface area (TPSA) is 65.0 Å². The van der Waals surface area contributed by atoms with Gasteiger partial charge in [-0.25, -0.2) is 15.0 Å². The van der Waals surface area contributed by atoms with Crippen LogP contribution in [0.15, 0.2) is 160 Å². The Hall–Kier alpha value is -6.59. The van der Waals surface area contributed by atoms with Gasteiger partial charge in [0.15, 0.2) is 17.5 Å². The van der Waals surface area contributed by atoms with E-state index in [9.17, 15) is 0 Å². The maximum absolute atomic E-state index is 6.75.